The van der Waals surface area contributed by atoms with Gasteiger partial charge in [-0.25, -0.2) is 12.7 Å². The predicted molar refractivity (Wildman–Crippen MR) is 98.3 cm³/mol. The van der Waals surface area contributed by atoms with E-state index in [4.69, 9.17) is 11.6 Å². The van der Waals surface area contributed by atoms with Gasteiger partial charge in [0.2, 0.25) is 10.0 Å². The lowest BCUT2D eigenvalue weighted by Crippen LogP contribution is -2.47. The van der Waals surface area contributed by atoms with Crippen LogP contribution in [-0.4, -0.2) is 60.9 Å². The number of benzene rings is 1. The highest BCUT2D eigenvalue weighted by molar-refractivity contribution is 7.88. The van der Waals surface area contributed by atoms with Gasteiger partial charge in [-0.3, -0.25) is 9.78 Å². The molecule has 1 saturated heterocycles. The van der Waals surface area contributed by atoms with Gasteiger partial charge in [0.25, 0.3) is 5.91 Å². The molecule has 0 bridgehead atoms. The maximum absolute atomic E-state index is 12.9. The van der Waals surface area contributed by atoms with Crippen LogP contribution in [0.15, 0.2) is 30.5 Å². The van der Waals surface area contributed by atoms with Crippen molar-refractivity contribution in [2.24, 2.45) is 0 Å². The summed E-state index contributed by atoms with van der Waals surface area (Å²) in [6, 6.07) is 6.97. The molecular weight excluding hydrogens is 362 g/mol. The van der Waals surface area contributed by atoms with Gasteiger partial charge in [-0.1, -0.05) is 11.6 Å². The summed E-state index contributed by atoms with van der Waals surface area (Å²) in [7, 11) is -1.63. The van der Waals surface area contributed by atoms with Gasteiger partial charge >= 0.3 is 0 Å². The quantitative estimate of drug-likeness (QED) is 0.818. The number of halogens is 1. The van der Waals surface area contributed by atoms with Crippen molar-refractivity contribution in [3.8, 4) is 0 Å². The molecule has 1 amide bonds. The Hall–Kier alpha value is -1.70. The van der Waals surface area contributed by atoms with Crippen LogP contribution < -0.4 is 0 Å². The first-order valence-electron chi connectivity index (χ1n) is 8.04. The van der Waals surface area contributed by atoms with Crippen molar-refractivity contribution < 1.29 is 13.2 Å². The second-order valence-electron chi connectivity index (χ2n) is 6.30. The summed E-state index contributed by atoms with van der Waals surface area (Å²) in [6.07, 6.45) is 4.08. The molecule has 2 aromatic rings. The molecule has 0 aliphatic carbocycles. The number of sulfonamides is 1. The second-order valence-corrected chi connectivity index (χ2v) is 8.75. The summed E-state index contributed by atoms with van der Waals surface area (Å²) >= 11 is 6.19. The van der Waals surface area contributed by atoms with E-state index in [0.717, 1.165) is 5.39 Å². The number of hydrogen-bond acceptors (Lipinski definition) is 4. The van der Waals surface area contributed by atoms with Crippen LogP contribution in [0.5, 0.6) is 0 Å². The van der Waals surface area contributed by atoms with E-state index in [9.17, 15) is 13.2 Å². The Kier molecular flexibility index (Phi) is 4.99. The van der Waals surface area contributed by atoms with E-state index in [1.807, 2.05) is 6.07 Å². The van der Waals surface area contributed by atoms with Crippen molar-refractivity contribution in [1.29, 1.82) is 0 Å². The Balaban J connectivity index is 1.79. The molecule has 0 radical (unpaired) electrons. The number of pyridine rings is 1. The molecule has 0 unspecified atom stereocenters. The van der Waals surface area contributed by atoms with E-state index in [1.165, 1.54) is 10.6 Å². The molecule has 0 N–H and O–H groups in total. The molecule has 3 rings (SSSR count). The van der Waals surface area contributed by atoms with Crippen molar-refractivity contribution in [3.63, 3.8) is 0 Å². The molecule has 1 aromatic heterocycles. The minimum Gasteiger partial charge on any atom is -0.338 e. The standard InChI is InChI=1S/C17H20ClN3O3S/c1-20(25(2,23)24)12-7-10-21(11-8-12)17(22)14-5-6-15(18)13-4-3-9-19-16(13)14/h3-6,9,12H,7-8,10-11H2,1-2H3. The monoisotopic (exact) mass is 381 g/mol. The van der Waals surface area contributed by atoms with Gasteiger partial charge in [-0.15, -0.1) is 0 Å². The van der Waals surface area contributed by atoms with Gasteiger partial charge in [0, 0.05) is 37.8 Å². The minimum absolute atomic E-state index is 0.0702. The van der Waals surface area contributed by atoms with E-state index in [-0.39, 0.29) is 11.9 Å². The summed E-state index contributed by atoms with van der Waals surface area (Å²) in [4.78, 5) is 19.0. The molecule has 8 heteroatoms. The summed E-state index contributed by atoms with van der Waals surface area (Å²) in [5.41, 5.74) is 1.12. The summed E-state index contributed by atoms with van der Waals surface area (Å²) < 4.78 is 24.7. The minimum atomic E-state index is -3.22. The van der Waals surface area contributed by atoms with Crippen LogP contribution in [-0.2, 0) is 10.0 Å². The molecule has 2 heterocycles. The van der Waals surface area contributed by atoms with E-state index in [1.54, 1.807) is 36.3 Å². The van der Waals surface area contributed by atoms with Crippen LogP contribution in [0.25, 0.3) is 10.9 Å². The average molecular weight is 382 g/mol. The zero-order valence-electron chi connectivity index (χ0n) is 14.1. The maximum Gasteiger partial charge on any atom is 0.256 e. The van der Waals surface area contributed by atoms with Crippen LogP contribution in [0.2, 0.25) is 5.02 Å². The third-order valence-electron chi connectivity index (χ3n) is 4.74. The first-order chi connectivity index (χ1) is 11.8. The molecule has 0 spiro atoms. The number of likely N-dealkylation sites (tertiary alicyclic amines) is 1. The molecule has 1 fully saturated rings. The van der Waals surface area contributed by atoms with Crippen LogP contribution in [0, 0.1) is 0 Å². The van der Waals surface area contributed by atoms with Gasteiger partial charge in [-0.05, 0) is 37.1 Å². The van der Waals surface area contributed by atoms with Crippen molar-refractivity contribution >= 4 is 38.4 Å². The Morgan fingerprint density at radius 2 is 1.96 bits per heavy atom. The smallest absolute Gasteiger partial charge is 0.256 e. The van der Waals surface area contributed by atoms with E-state index >= 15 is 0 Å². The van der Waals surface area contributed by atoms with Crippen LogP contribution >= 0.6 is 11.6 Å². The highest BCUT2D eigenvalue weighted by Crippen LogP contribution is 2.27. The largest absolute Gasteiger partial charge is 0.338 e. The number of aromatic nitrogens is 1. The topological polar surface area (TPSA) is 70.6 Å². The van der Waals surface area contributed by atoms with E-state index in [0.29, 0.717) is 42.0 Å². The zero-order chi connectivity index (χ0) is 18.2. The molecule has 1 aliphatic rings. The average Bonchev–Trinajstić information content (AvgIpc) is 2.60. The number of fused-ring (bicyclic) bond motifs is 1. The van der Waals surface area contributed by atoms with Gasteiger partial charge in [0.05, 0.1) is 22.4 Å². The molecule has 134 valence electrons. The number of carbonyl (C=O) groups is 1. The molecule has 6 nitrogen and oxygen atoms in total. The highest BCUT2D eigenvalue weighted by Gasteiger charge is 2.30. The lowest BCUT2D eigenvalue weighted by atomic mass is 10.0. The Morgan fingerprint density at radius 3 is 2.60 bits per heavy atom. The van der Waals surface area contributed by atoms with Crippen molar-refractivity contribution in [3.05, 3.63) is 41.0 Å². The fraction of sp³-hybridized carbons (Fsp3) is 0.412. The zero-order valence-corrected chi connectivity index (χ0v) is 15.7. The number of amides is 1. The highest BCUT2D eigenvalue weighted by atomic mass is 35.5. The third kappa shape index (κ3) is 3.63. The molecular formula is C17H20ClN3O3S. The number of hydrogen-bond donors (Lipinski definition) is 0. The van der Waals surface area contributed by atoms with E-state index < -0.39 is 10.0 Å². The molecule has 25 heavy (non-hydrogen) atoms. The molecule has 0 atom stereocenters. The van der Waals surface area contributed by atoms with Crippen molar-refractivity contribution in [2.75, 3.05) is 26.4 Å². The lowest BCUT2D eigenvalue weighted by molar-refractivity contribution is 0.0688. The fourth-order valence-corrected chi connectivity index (χ4v) is 4.15. The van der Waals surface area contributed by atoms with Crippen LogP contribution in [0.4, 0.5) is 0 Å². The van der Waals surface area contributed by atoms with Crippen LogP contribution in [0.1, 0.15) is 23.2 Å². The van der Waals surface area contributed by atoms with Crippen molar-refractivity contribution in [2.45, 2.75) is 18.9 Å². The number of nitrogens with zero attached hydrogens (tertiary/aromatic N) is 3. The first kappa shape index (κ1) is 18.1. The number of carbonyl (C=O) groups excluding carboxylic acids is 1. The lowest BCUT2D eigenvalue weighted by Gasteiger charge is -2.35. The molecule has 1 aromatic carbocycles. The maximum atomic E-state index is 12.9. The Labute approximate surface area is 152 Å². The number of piperidine rings is 1. The van der Waals surface area contributed by atoms with Gasteiger partial charge in [-0.2, -0.15) is 0 Å². The summed E-state index contributed by atoms with van der Waals surface area (Å²) in [5.74, 6) is -0.0965. The Bertz CT molecular complexity index is 908. The first-order valence-corrected chi connectivity index (χ1v) is 10.3. The molecule has 1 aliphatic heterocycles. The predicted octanol–water partition coefficient (Wildman–Crippen LogP) is 2.38. The van der Waals surface area contributed by atoms with Gasteiger partial charge < -0.3 is 4.90 Å². The third-order valence-corrected chi connectivity index (χ3v) is 6.41. The Morgan fingerprint density at radius 1 is 1.28 bits per heavy atom. The SMILES string of the molecule is CN(C1CCN(C(=O)c2ccc(Cl)c3cccnc23)CC1)S(C)(=O)=O. The van der Waals surface area contributed by atoms with Gasteiger partial charge in [0.1, 0.15) is 0 Å². The molecule has 0 saturated carbocycles. The number of rotatable bonds is 3. The van der Waals surface area contributed by atoms with Gasteiger partial charge in [0.15, 0.2) is 0 Å². The van der Waals surface area contributed by atoms with Crippen molar-refractivity contribution in [1.82, 2.24) is 14.2 Å². The second kappa shape index (κ2) is 6.90. The fourth-order valence-electron chi connectivity index (χ4n) is 3.18. The van der Waals surface area contributed by atoms with Crippen LogP contribution in [0.3, 0.4) is 0 Å². The normalized spacial score (nSPS) is 16.6. The summed E-state index contributed by atoms with van der Waals surface area (Å²) in [5, 5.41) is 1.31. The van der Waals surface area contributed by atoms with E-state index in [2.05, 4.69) is 4.98 Å². The summed E-state index contributed by atoms with van der Waals surface area (Å²) in [6.45, 7) is 1.03.